The Morgan fingerprint density at radius 2 is 2.07 bits per heavy atom. The average Bonchev–Trinajstić information content (AvgIpc) is 2.19. The highest BCUT2D eigenvalue weighted by molar-refractivity contribution is 5.39. The molecule has 1 rings (SSSR count). The highest BCUT2D eigenvalue weighted by Gasteiger charge is 2.08. The van der Waals surface area contributed by atoms with Crippen molar-refractivity contribution in [2.75, 3.05) is 0 Å². The first-order chi connectivity index (χ1) is 6.69. The SMILES string of the molecule is Cc1ccc(C(C#N)N=C=O)cc1C. The van der Waals surface area contributed by atoms with E-state index in [2.05, 4.69) is 4.99 Å². The number of hydrogen-bond donors (Lipinski definition) is 0. The zero-order valence-electron chi connectivity index (χ0n) is 8.11. The molecule has 0 saturated carbocycles. The van der Waals surface area contributed by atoms with E-state index < -0.39 is 6.04 Å². The molecule has 1 atom stereocenters. The lowest BCUT2D eigenvalue weighted by Crippen LogP contribution is -1.93. The van der Waals surface area contributed by atoms with Gasteiger partial charge in [-0.3, -0.25) is 0 Å². The molecule has 0 aliphatic heterocycles. The normalized spacial score (nSPS) is 11.2. The van der Waals surface area contributed by atoms with E-state index in [4.69, 9.17) is 5.26 Å². The molecule has 1 aromatic carbocycles. The van der Waals surface area contributed by atoms with Crippen LogP contribution in [0.2, 0.25) is 0 Å². The van der Waals surface area contributed by atoms with E-state index in [-0.39, 0.29) is 0 Å². The zero-order valence-corrected chi connectivity index (χ0v) is 8.11. The number of hydrogen-bond acceptors (Lipinski definition) is 3. The van der Waals surface area contributed by atoms with Crippen molar-refractivity contribution >= 4 is 6.08 Å². The van der Waals surface area contributed by atoms with Gasteiger partial charge in [-0.05, 0) is 30.5 Å². The summed E-state index contributed by atoms with van der Waals surface area (Å²) in [6, 6.07) is 6.79. The summed E-state index contributed by atoms with van der Waals surface area (Å²) in [5.74, 6) is 0. The molecule has 1 unspecified atom stereocenters. The van der Waals surface area contributed by atoms with E-state index in [0.717, 1.165) is 16.7 Å². The van der Waals surface area contributed by atoms with Crippen LogP contribution in [-0.4, -0.2) is 6.08 Å². The van der Waals surface area contributed by atoms with Gasteiger partial charge in [0.05, 0.1) is 6.07 Å². The Balaban J connectivity index is 3.13. The van der Waals surface area contributed by atoms with Gasteiger partial charge in [-0.15, -0.1) is 0 Å². The Hall–Kier alpha value is -1.91. The average molecular weight is 186 g/mol. The number of rotatable bonds is 2. The fourth-order valence-electron chi connectivity index (χ4n) is 1.17. The van der Waals surface area contributed by atoms with Crippen molar-refractivity contribution in [1.29, 1.82) is 5.26 Å². The summed E-state index contributed by atoms with van der Waals surface area (Å²) >= 11 is 0. The second-order valence-corrected chi connectivity index (χ2v) is 3.10. The topological polar surface area (TPSA) is 53.2 Å². The van der Waals surface area contributed by atoms with Gasteiger partial charge in [-0.2, -0.15) is 10.3 Å². The van der Waals surface area contributed by atoms with Crippen LogP contribution in [0, 0.1) is 25.2 Å². The molecule has 1 aromatic rings. The maximum Gasteiger partial charge on any atom is 0.236 e. The Bertz CT molecular complexity index is 425. The number of carbonyl (C=O) groups excluding carboxylic acids is 1. The van der Waals surface area contributed by atoms with Crippen molar-refractivity contribution in [2.24, 2.45) is 4.99 Å². The van der Waals surface area contributed by atoms with Gasteiger partial charge < -0.3 is 0 Å². The lowest BCUT2D eigenvalue weighted by atomic mass is 10.0. The molecule has 0 bridgehead atoms. The number of isocyanates is 1. The molecule has 0 saturated heterocycles. The maximum atomic E-state index is 10.1. The van der Waals surface area contributed by atoms with E-state index in [1.165, 1.54) is 6.08 Å². The zero-order chi connectivity index (χ0) is 10.6. The van der Waals surface area contributed by atoms with Gasteiger partial charge in [-0.25, -0.2) is 4.79 Å². The molecular formula is C11H10N2O. The molecule has 0 aliphatic carbocycles. The Labute approximate surface area is 82.7 Å². The van der Waals surface area contributed by atoms with Crippen molar-refractivity contribution in [3.05, 3.63) is 34.9 Å². The smallest absolute Gasteiger partial charge is 0.211 e. The van der Waals surface area contributed by atoms with Gasteiger partial charge in [0.1, 0.15) is 0 Å². The maximum absolute atomic E-state index is 10.1. The quantitative estimate of drug-likeness (QED) is 0.525. The molecule has 14 heavy (non-hydrogen) atoms. The van der Waals surface area contributed by atoms with E-state index in [1.807, 2.05) is 32.0 Å². The van der Waals surface area contributed by atoms with E-state index in [1.54, 1.807) is 6.07 Å². The van der Waals surface area contributed by atoms with Crippen LogP contribution < -0.4 is 0 Å². The molecule has 0 heterocycles. The lowest BCUT2D eigenvalue weighted by Gasteiger charge is -2.05. The van der Waals surface area contributed by atoms with Gasteiger partial charge in [0.15, 0.2) is 6.04 Å². The minimum Gasteiger partial charge on any atom is -0.211 e. The predicted octanol–water partition coefficient (Wildman–Crippen LogP) is 2.20. The molecule has 3 heteroatoms. The van der Waals surface area contributed by atoms with Gasteiger partial charge >= 0.3 is 0 Å². The monoisotopic (exact) mass is 186 g/mol. The molecule has 0 spiro atoms. The second-order valence-electron chi connectivity index (χ2n) is 3.10. The first-order valence-electron chi connectivity index (χ1n) is 4.22. The van der Waals surface area contributed by atoms with Crippen LogP contribution in [0.4, 0.5) is 0 Å². The standard InChI is InChI=1S/C11H10N2O/c1-8-3-4-10(5-9(8)2)11(6-12)13-7-14/h3-5,11H,1-2H3. The third-order valence-electron chi connectivity index (χ3n) is 2.15. The van der Waals surface area contributed by atoms with E-state index in [0.29, 0.717) is 0 Å². The summed E-state index contributed by atoms with van der Waals surface area (Å²) in [4.78, 5) is 13.5. The fourth-order valence-corrected chi connectivity index (χ4v) is 1.17. The van der Waals surface area contributed by atoms with Crippen molar-refractivity contribution in [3.8, 4) is 6.07 Å². The van der Waals surface area contributed by atoms with Crippen LogP contribution in [0.25, 0.3) is 0 Å². The van der Waals surface area contributed by atoms with Crippen LogP contribution in [0.5, 0.6) is 0 Å². The molecule has 3 nitrogen and oxygen atoms in total. The summed E-state index contributed by atoms with van der Waals surface area (Å²) in [7, 11) is 0. The fraction of sp³-hybridized carbons (Fsp3) is 0.273. The van der Waals surface area contributed by atoms with Crippen LogP contribution in [-0.2, 0) is 4.79 Å². The van der Waals surface area contributed by atoms with Gasteiger partial charge in [-0.1, -0.05) is 18.2 Å². The van der Waals surface area contributed by atoms with E-state index >= 15 is 0 Å². The Morgan fingerprint density at radius 1 is 1.36 bits per heavy atom. The van der Waals surface area contributed by atoms with E-state index in [9.17, 15) is 4.79 Å². The number of aryl methyl sites for hydroxylation is 2. The van der Waals surface area contributed by atoms with Crippen LogP contribution in [0.15, 0.2) is 23.2 Å². The highest BCUT2D eigenvalue weighted by Crippen LogP contribution is 2.18. The van der Waals surface area contributed by atoms with Crippen molar-refractivity contribution in [2.45, 2.75) is 19.9 Å². The summed E-state index contributed by atoms with van der Waals surface area (Å²) in [5, 5.41) is 8.75. The molecular weight excluding hydrogens is 176 g/mol. The first kappa shape index (κ1) is 10.2. The third kappa shape index (κ3) is 2.07. The minimum atomic E-state index is -0.730. The lowest BCUT2D eigenvalue weighted by molar-refractivity contribution is 0.561. The molecule has 0 aromatic heterocycles. The van der Waals surface area contributed by atoms with Crippen LogP contribution in [0.3, 0.4) is 0 Å². The summed E-state index contributed by atoms with van der Waals surface area (Å²) in [6.45, 7) is 3.95. The number of benzene rings is 1. The van der Waals surface area contributed by atoms with Crippen LogP contribution in [0.1, 0.15) is 22.7 Å². The van der Waals surface area contributed by atoms with Crippen molar-refractivity contribution in [1.82, 2.24) is 0 Å². The van der Waals surface area contributed by atoms with Gasteiger partial charge in [0.25, 0.3) is 0 Å². The predicted molar refractivity (Wildman–Crippen MR) is 52.4 cm³/mol. The molecule has 0 radical (unpaired) electrons. The first-order valence-corrected chi connectivity index (χ1v) is 4.22. The molecule has 0 fully saturated rings. The largest absolute Gasteiger partial charge is 0.236 e. The summed E-state index contributed by atoms with van der Waals surface area (Å²) in [6.07, 6.45) is 1.40. The number of aliphatic imine (C=N–C) groups is 1. The number of nitrogens with zero attached hydrogens (tertiary/aromatic N) is 2. The van der Waals surface area contributed by atoms with Gasteiger partial charge in [0.2, 0.25) is 6.08 Å². The molecule has 0 N–H and O–H groups in total. The minimum absolute atomic E-state index is 0.730. The van der Waals surface area contributed by atoms with Crippen LogP contribution >= 0.6 is 0 Å². The molecule has 70 valence electrons. The van der Waals surface area contributed by atoms with Crippen molar-refractivity contribution in [3.63, 3.8) is 0 Å². The van der Waals surface area contributed by atoms with Gasteiger partial charge in [0, 0.05) is 0 Å². The van der Waals surface area contributed by atoms with Crippen molar-refractivity contribution < 1.29 is 4.79 Å². The third-order valence-corrected chi connectivity index (χ3v) is 2.15. The Morgan fingerprint density at radius 3 is 2.57 bits per heavy atom. The molecule has 0 amide bonds. The summed E-state index contributed by atoms with van der Waals surface area (Å²) < 4.78 is 0. The second kappa shape index (κ2) is 4.36. The Kier molecular flexibility index (Phi) is 3.17. The molecule has 0 aliphatic rings. The highest BCUT2D eigenvalue weighted by atomic mass is 16.1. The summed E-state index contributed by atoms with van der Waals surface area (Å²) in [5.41, 5.74) is 2.98. The number of nitriles is 1.